The average Bonchev–Trinajstić information content (AvgIpc) is 2.93. The fraction of sp³-hybridized carbons (Fsp3) is 0.533. The van der Waals surface area contributed by atoms with Crippen LogP contribution in [0.3, 0.4) is 0 Å². The van der Waals surface area contributed by atoms with E-state index in [1.807, 2.05) is 0 Å². The van der Waals surface area contributed by atoms with Crippen molar-refractivity contribution in [3.63, 3.8) is 0 Å². The van der Waals surface area contributed by atoms with E-state index in [9.17, 15) is 9.36 Å². The predicted molar refractivity (Wildman–Crippen MR) is 92.0 cm³/mol. The summed E-state index contributed by atoms with van der Waals surface area (Å²) in [4.78, 5) is 17.9. The molecule has 134 valence electrons. The number of rotatable bonds is 7. The standard InChI is InChI=1S/C15H22ClN2O5P/c1-4-21-24(20,22-5-2)14-10-13(23-18(14)3)15(19)17-12-8-6-11(16)7-9-12/h6-9,13-14H,4-5,10H2,1-3H3,(H,17,19)/t13-,14+/m0/s1. The number of carbonyl (C=O) groups excluding carboxylic acids is 1. The van der Waals surface area contributed by atoms with Gasteiger partial charge in [0.25, 0.3) is 5.91 Å². The smallest absolute Gasteiger partial charge is 0.324 e. The zero-order valence-corrected chi connectivity index (χ0v) is 15.5. The molecular weight excluding hydrogens is 355 g/mol. The highest BCUT2D eigenvalue weighted by atomic mass is 35.5. The molecule has 7 nitrogen and oxygen atoms in total. The van der Waals surface area contributed by atoms with Gasteiger partial charge >= 0.3 is 7.60 Å². The maximum absolute atomic E-state index is 12.9. The number of carbonyl (C=O) groups is 1. The van der Waals surface area contributed by atoms with E-state index in [2.05, 4.69) is 5.32 Å². The van der Waals surface area contributed by atoms with Crippen molar-refractivity contribution in [1.82, 2.24) is 5.06 Å². The summed E-state index contributed by atoms with van der Waals surface area (Å²) >= 11 is 5.82. The van der Waals surface area contributed by atoms with Gasteiger partial charge in [0.15, 0.2) is 6.10 Å². The summed E-state index contributed by atoms with van der Waals surface area (Å²) in [6.45, 7) is 3.99. The van der Waals surface area contributed by atoms with Crippen LogP contribution in [0.5, 0.6) is 0 Å². The molecule has 0 aromatic heterocycles. The Morgan fingerprint density at radius 2 is 1.92 bits per heavy atom. The zero-order valence-electron chi connectivity index (χ0n) is 13.9. The van der Waals surface area contributed by atoms with Crippen molar-refractivity contribution in [2.45, 2.75) is 32.2 Å². The summed E-state index contributed by atoms with van der Waals surface area (Å²) in [6, 6.07) is 6.75. The number of nitrogens with zero attached hydrogens (tertiary/aromatic N) is 1. The van der Waals surface area contributed by atoms with Gasteiger partial charge in [0.2, 0.25) is 0 Å². The molecule has 1 amide bonds. The molecule has 0 spiro atoms. The van der Waals surface area contributed by atoms with Crippen LogP contribution in [-0.2, 0) is 23.2 Å². The highest BCUT2D eigenvalue weighted by molar-refractivity contribution is 7.54. The normalized spacial score (nSPS) is 21.8. The van der Waals surface area contributed by atoms with E-state index in [0.29, 0.717) is 10.7 Å². The molecule has 0 unspecified atom stereocenters. The molecule has 1 aliphatic heterocycles. The number of benzene rings is 1. The number of anilines is 1. The summed E-state index contributed by atoms with van der Waals surface area (Å²) < 4.78 is 23.6. The minimum atomic E-state index is -3.39. The highest BCUT2D eigenvalue weighted by Gasteiger charge is 2.48. The Kier molecular flexibility index (Phi) is 6.80. The van der Waals surface area contributed by atoms with Crippen molar-refractivity contribution in [2.75, 3.05) is 25.6 Å². The predicted octanol–water partition coefficient (Wildman–Crippen LogP) is 3.51. The minimum absolute atomic E-state index is 0.215. The number of nitrogens with one attached hydrogen (secondary N) is 1. The number of halogens is 1. The van der Waals surface area contributed by atoms with Crippen LogP contribution in [0.2, 0.25) is 5.02 Å². The van der Waals surface area contributed by atoms with Crippen LogP contribution in [0.15, 0.2) is 24.3 Å². The molecule has 1 aromatic rings. The van der Waals surface area contributed by atoms with Gasteiger partial charge in [-0.05, 0) is 38.1 Å². The summed E-state index contributed by atoms with van der Waals surface area (Å²) in [5, 5.41) is 4.72. The van der Waals surface area contributed by atoms with Gasteiger partial charge in [-0.3, -0.25) is 14.2 Å². The number of hydroxylamine groups is 2. The molecule has 0 saturated carbocycles. The lowest BCUT2D eigenvalue weighted by atomic mass is 10.2. The minimum Gasteiger partial charge on any atom is -0.324 e. The van der Waals surface area contributed by atoms with Crippen molar-refractivity contribution in [1.29, 1.82) is 0 Å². The second-order valence-electron chi connectivity index (χ2n) is 5.23. The SMILES string of the molecule is CCOP(=O)(OCC)[C@@H]1C[C@@H](C(=O)Nc2ccc(Cl)cc2)ON1C. The molecule has 1 aliphatic rings. The van der Waals surface area contributed by atoms with Crippen molar-refractivity contribution < 1.29 is 23.2 Å². The van der Waals surface area contributed by atoms with E-state index < -0.39 is 19.5 Å². The van der Waals surface area contributed by atoms with Crippen LogP contribution < -0.4 is 5.32 Å². The molecule has 2 atom stereocenters. The monoisotopic (exact) mass is 376 g/mol. The molecule has 1 fully saturated rings. The number of hydrogen-bond acceptors (Lipinski definition) is 6. The first-order chi connectivity index (χ1) is 11.4. The van der Waals surface area contributed by atoms with Gasteiger partial charge in [0.1, 0.15) is 5.78 Å². The van der Waals surface area contributed by atoms with Gasteiger partial charge in [-0.2, -0.15) is 5.06 Å². The van der Waals surface area contributed by atoms with Gasteiger partial charge in [-0.25, -0.2) is 0 Å². The summed E-state index contributed by atoms with van der Waals surface area (Å²) in [5.74, 6) is -0.954. The van der Waals surface area contributed by atoms with E-state index in [1.165, 1.54) is 5.06 Å². The second kappa shape index (κ2) is 8.43. The van der Waals surface area contributed by atoms with Crippen molar-refractivity contribution in [3.05, 3.63) is 29.3 Å². The Bertz CT molecular complexity index is 602. The third-order valence-electron chi connectivity index (χ3n) is 3.53. The largest absolute Gasteiger partial charge is 0.350 e. The van der Waals surface area contributed by atoms with Crippen LogP contribution in [-0.4, -0.2) is 43.1 Å². The quantitative estimate of drug-likeness (QED) is 0.734. The lowest BCUT2D eigenvalue weighted by molar-refractivity contribution is -0.155. The zero-order chi connectivity index (χ0) is 17.7. The van der Waals surface area contributed by atoms with E-state index in [4.69, 9.17) is 25.5 Å². The first-order valence-corrected chi connectivity index (χ1v) is 9.73. The molecule has 0 radical (unpaired) electrons. The van der Waals surface area contributed by atoms with Crippen LogP contribution in [0.4, 0.5) is 5.69 Å². The maximum Gasteiger partial charge on any atom is 0.350 e. The van der Waals surface area contributed by atoms with E-state index in [0.717, 1.165) is 0 Å². The lowest BCUT2D eigenvalue weighted by Gasteiger charge is -2.25. The number of hydrogen-bond donors (Lipinski definition) is 1. The van der Waals surface area contributed by atoms with Gasteiger partial charge in [-0.1, -0.05) is 11.6 Å². The van der Waals surface area contributed by atoms with E-state index in [-0.39, 0.29) is 25.5 Å². The van der Waals surface area contributed by atoms with Crippen LogP contribution in [0, 0.1) is 0 Å². The Morgan fingerprint density at radius 3 is 2.46 bits per heavy atom. The van der Waals surface area contributed by atoms with Gasteiger partial charge in [0.05, 0.1) is 13.2 Å². The average molecular weight is 377 g/mol. The molecule has 1 N–H and O–H groups in total. The fourth-order valence-corrected chi connectivity index (χ4v) is 4.63. The van der Waals surface area contributed by atoms with Crippen molar-refractivity contribution in [3.8, 4) is 0 Å². The van der Waals surface area contributed by atoms with E-state index >= 15 is 0 Å². The summed E-state index contributed by atoms with van der Waals surface area (Å²) in [5.41, 5.74) is 0.608. The highest BCUT2D eigenvalue weighted by Crippen LogP contribution is 2.57. The Hall–Kier alpha value is -0.950. The van der Waals surface area contributed by atoms with Crippen LogP contribution in [0.25, 0.3) is 0 Å². The Balaban J connectivity index is 2.04. The van der Waals surface area contributed by atoms with Crippen LogP contribution >= 0.6 is 19.2 Å². The fourth-order valence-electron chi connectivity index (χ4n) is 2.46. The third-order valence-corrected chi connectivity index (χ3v) is 6.28. The first kappa shape index (κ1) is 19.4. The van der Waals surface area contributed by atoms with Crippen molar-refractivity contribution in [2.24, 2.45) is 0 Å². The van der Waals surface area contributed by atoms with E-state index in [1.54, 1.807) is 45.2 Å². The molecule has 1 saturated heterocycles. The van der Waals surface area contributed by atoms with Crippen LogP contribution in [0.1, 0.15) is 20.3 Å². The van der Waals surface area contributed by atoms with Gasteiger partial charge < -0.3 is 14.4 Å². The van der Waals surface area contributed by atoms with Gasteiger partial charge in [0, 0.05) is 24.2 Å². The topological polar surface area (TPSA) is 77.1 Å². The molecule has 0 aliphatic carbocycles. The molecule has 9 heteroatoms. The molecule has 2 rings (SSSR count). The maximum atomic E-state index is 12.9. The molecule has 1 heterocycles. The molecule has 24 heavy (non-hydrogen) atoms. The molecule has 1 aromatic carbocycles. The Labute approximate surface area is 146 Å². The van der Waals surface area contributed by atoms with Crippen molar-refractivity contribution >= 4 is 30.8 Å². The Morgan fingerprint density at radius 1 is 1.33 bits per heavy atom. The van der Waals surface area contributed by atoms with Gasteiger partial charge in [-0.15, -0.1) is 0 Å². The summed E-state index contributed by atoms with van der Waals surface area (Å²) in [7, 11) is -1.77. The first-order valence-electron chi connectivity index (χ1n) is 7.74. The lowest BCUT2D eigenvalue weighted by Crippen LogP contribution is -2.28. The molecule has 0 bridgehead atoms. The third kappa shape index (κ3) is 4.57. The second-order valence-corrected chi connectivity index (χ2v) is 7.86. The number of amides is 1. The summed E-state index contributed by atoms with van der Waals surface area (Å²) in [6.07, 6.45) is -0.558. The molecular formula is C15H22ClN2O5P.